The molecular weight excluding hydrogens is 318 g/mol. The van der Waals surface area contributed by atoms with E-state index in [9.17, 15) is 4.79 Å². The molecule has 1 N–H and O–H groups in total. The Morgan fingerprint density at radius 2 is 1.92 bits per heavy atom. The molecule has 7 heteroatoms. The third-order valence-corrected chi connectivity index (χ3v) is 5.43. The summed E-state index contributed by atoms with van der Waals surface area (Å²) < 4.78 is 7.04. The Morgan fingerprint density at radius 3 is 2.64 bits per heavy atom. The van der Waals surface area contributed by atoms with Crippen LogP contribution in [0.25, 0.3) is 0 Å². The molecule has 0 spiro atoms. The number of methoxy groups -OCH3 is 1. The van der Waals surface area contributed by atoms with Gasteiger partial charge in [0.1, 0.15) is 12.4 Å². The van der Waals surface area contributed by atoms with E-state index >= 15 is 0 Å². The summed E-state index contributed by atoms with van der Waals surface area (Å²) in [6.07, 6.45) is 10.5. The van der Waals surface area contributed by atoms with Crippen LogP contribution in [0.5, 0.6) is 0 Å². The minimum Gasteiger partial charge on any atom is -0.377 e. The van der Waals surface area contributed by atoms with E-state index in [-0.39, 0.29) is 12.1 Å². The van der Waals surface area contributed by atoms with Gasteiger partial charge in [0.2, 0.25) is 0 Å². The Hall–Kier alpha value is -1.63. The molecule has 0 bridgehead atoms. The van der Waals surface area contributed by atoms with E-state index in [0.29, 0.717) is 18.5 Å². The van der Waals surface area contributed by atoms with E-state index < -0.39 is 0 Å². The fourth-order valence-corrected chi connectivity index (χ4v) is 3.97. The van der Waals surface area contributed by atoms with Gasteiger partial charge < -0.3 is 15.0 Å². The lowest BCUT2D eigenvalue weighted by molar-refractivity contribution is 0.171. The van der Waals surface area contributed by atoms with Gasteiger partial charge in [-0.1, -0.05) is 32.1 Å². The highest BCUT2D eigenvalue weighted by Gasteiger charge is 2.28. The van der Waals surface area contributed by atoms with Crippen LogP contribution in [-0.4, -0.2) is 45.9 Å². The molecule has 1 atom stereocenters. The molecule has 1 aromatic heterocycles. The van der Waals surface area contributed by atoms with Gasteiger partial charge in [-0.15, -0.1) is 0 Å². The van der Waals surface area contributed by atoms with Crippen molar-refractivity contribution in [3.63, 3.8) is 0 Å². The number of amides is 2. The smallest absolute Gasteiger partial charge is 0.317 e. The second kappa shape index (κ2) is 8.65. The Kier molecular flexibility index (Phi) is 6.29. The first-order chi connectivity index (χ1) is 12.2. The van der Waals surface area contributed by atoms with Crippen molar-refractivity contribution in [3.8, 4) is 0 Å². The first-order valence-corrected chi connectivity index (χ1v) is 9.65. The zero-order valence-electron chi connectivity index (χ0n) is 15.5. The maximum atomic E-state index is 12.8. The highest BCUT2D eigenvalue weighted by molar-refractivity contribution is 5.74. The fraction of sp³-hybridized carbons (Fsp3) is 0.833. The maximum absolute atomic E-state index is 12.8. The second-order valence-corrected chi connectivity index (χ2v) is 7.30. The van der Waals surface area contributed by atoms with Crippen molar-refractivity contribution in [2.45, 2.75) is 83.0 Å². The number of carbonyl (C=O) groups excluding carboxylic acids is 1. The van der Waals surface area contributed by atoms with Crippen LogP contribution >= 0.6 is 0 Å². The molecule has 2 heterocycles. The Balaban J connectivity index is 1.62. The van der Waals surface area contributed by atoms with E-state index in [1.54, 1.807) is 7.11 Å². The molecule has 0 saturated heterocycles. The molecule has 1 fully saturated rings. The van der Waals surface area contributed by atoms with Crippen LogP contribution in [-0.2, 0) is 17.9 Å². The number of hydrogen-bond acceptors (Lipinski definition) is 4. The quantitative estimate of drug-likeness (QED) is 0.907. The van der Waals surface area contributed by atoms with Crippen molar-refractivity contribution in [1.29, 1.82) is 0 Å². The van der Waals surface area contributed by atoms with Crippen molar-refractivity contribution in [2.24, 2.45) is 0 Å². The first-order valence-electron chi connectivity index (χ1n) is 9.65. The molecule has 1 aliphatic carbocycles. The van der Waals surface area contributed by atoms with Crippen LogP contribution in [0, 0.1) is 0 Å². The number of nitrogens with zero attached hydrogens (tertiary/aromatic N) is 4. The van der Waals surface area contributed by atoms with Crippen molar-refractivity contribution < 1.29 is 9.53 Å². The zero-order valence-corrected chi connectivity index (χ0v) is 15.5. The van der Waals surface area contributed by atoms with Crippen molar-refractivity contribution in [3.05, 3.63) is 11.6 Å². The molecule has 0 radical (unpaired) electrons. The van der Waals surface area contributed by atoms with Crippen LogP contribution in [0.3, 0.4) is 0 Å². The lowest BCUT2D eigenvalue weighted by Crippen LogP contribution is -2.46. The summed E-state index contributed by atoms with van der Waals surface area (Å²) in [7, 11) is 3.58. The van der Waals surface area contributed by atoms with E-state index in [2.05, 4.69) is 15.4 Å². The van der Waals surface area contributed by atoms with Gasteiger partial charge in [0.15, 0.2) is 5.82 Å². The average molecular weight is 349 g/mol. The number of hydrogen-bond donors (Lipinski definition) is 1. The van der Waals surface area contributed by atoms with Crippen LogP contribution in [0.2, 0.25) is 0 Å². The molecular formula is C18H31N5O2. The summed E-state index contributed by atoms with van der Waals surface area (Å²) in [6, 6.07) is 0.307. The minimum atomic E-state index is -0.0599. The summed E-state index contributed by atoms with van der Waals surface area (Å²) >= 11 is 0. The highest BCUT2D eigenvalue weighted by Crippen LogP contribution is 2.25. The normalized spacial score (nSPS) is 21.9. The van der Waals surface area contributed by atoms with E-state index in [4.69, 9.17) is 4.74 Å². The summed E-state index contributed by atoms with van der Waals surface area (Å²) in [5, 5.41) is 7.66. The van der Waals surface area contributed by atoms with Gasteiger partial charge in [-0.2, -0.15) is 5.10 Å². The van der Waals surface area contributed by atoms with Crippen molar-refractivity contribution in [2.75, 3.05) is 14.2 Å². The Morgan fingerprint density at radius 1 is 1.20 bits per heavy atom. The summed E-state index contributed by atoms with van der Waals surface area (Å²) in [6.45, 7) is 1.26. The maximum Gasteiger partial charge on any atom is 0.317 e. The molecule has 7 nitrogen and oxygen atoms in total. The lowest BCUT2D eigenvalue weighted by Gasteiger charge is -2.32. The fourth-order valence-electron chi connectivity index (χ4n) is 3.97. The molecule has 2 amide bonds. The number of nitrogens with one attached hydrogen (secondary N) is 1. The SMILES string of the molecule is COCc1nc2n(n1)CCC[C@H]2NC(=O)N(C)C1CCCCCCC1. The monoisotopic (exact) mass is 349 g/mol. The van der Waals surface area contributed by atoms with E-state index in [1.807, 2.05) is 16.6 Å². The number of ether oxygens (including phenoxy) is 1. The predicted octanol–water partition coefficient (Wildman–Crippen LogP) is 3.01. The lowest BCUT2D eigenvalue weighted by atomic mass is 9.96. The van der Waals surface area contributed by atoms with E-state index in [1.165, 1.54) is 32.1 Å². The molecule has 3 rings (SSSR count). The molecule has 0 aromatic carbocycles. The second-order valence-electron chi connectivity index (χ2n) is 7.30. The Labute approximate surface area is 150 Å². The molecule has 2 aliphatic rings. The predicted molar refractivity (Wildman–Crippen MR) is 95.1 cm³/mol. The topological polar surface area (TPSA) is 72.3 Å². The molecule has 140 valence electrons. The summed E-state index contributed by atoms with van der Waals surface area (Å²) in [5.74, 6) is 1.55. The molecule has 1 aromatic rings. The molecule has 1 saturated carbocycles. The number of rotatable bonds is 4. The van der Waals surface area contributed by atoms with Gasteiger partial charge in [0.25, 0.3) is 0 Å². The van der Waals surface area contributed by atoms with Gasteiger partial charge in [-0.3, -0.25) is 0 Å². The van der Waals surface area contributed by atoms with Gasteiger partial charge >= 0.3 is 6.03 Å². The van der Waals surface area contributed by atoms with Gasteiger partial charge in [0, 0.05) is 26.7 Å². The van der Waals surface area contributed by atoms with Crippen LogP contribution < -0.4 is 5.32 Å². The largest absolute Gasteiger partial charge is 0.377 e. The first kappa shape index (κ1) is 18.2. The number of carbonyl (C=O) groups is 1. The molecule has 0 unspecified atom stereocenters. The third-order valence-electron chi connectivity index (χ3n) is 5.43. The minimum absolute atomic E-state index is 0.0142. The van der Waals surface area contributed by atoms with Crippen LogP contribution in [0.1, 0.15) is 75.5 Å². The van der Waals surface area contributed by atoms with Crippen molar-refractivity contribution >= 4 is 6.03 Å². The average Bonchev–Trinajstić information content (AvgIpc) is 2.98. The third kappa shape index (κ3) is 4.51. The number of aryl methyl sites for hydroxylation is 1. The standard InChI is InChI=1S/C18H31N5O2/c1-22(14-9-6-4-3-5-7-10-14)18(24)19-15-11-8-12-23-17(15)20-16(21-23)13-25-2/h14-15H,3-13H2,1-2H3,(H,19,24)/t15-/m1/s1. The number of aromatic nitrogens is 3. The Bertz CT molecular complexity index is 566. The molecule has 25 heavy (non-hydrogen) atoms. The van der Waals surface area contributed by atoms with Gasteiger partial charge in [0.05, 0.1) is 6.04 Å². The number of fused-ring (bicyclic) bond motifs is 1. The van der Waals surface area contributed by atoms with Crippen LogP contribution in [0.15, 0.2) is 0 Å². The highest BCUT2D eigenvalue weighted by atomic mass is 16.5. The zero-order chi connectivity index (χ0) is 17.6. The number of urea groups is 1. The summed E-state index contributed by atoms with van der Waals surface area (Å²) in [5.41, 5.74) is 0. The molecule has 1 aliphatic heterocycles. The van der Waals surface area contributed by atoms with Crippen molar-refractivity contribution in [1.82, 2.24) is 25.0 Å². The van der Waals surface area contributed by atoms with Gasteiger partial charge in [-0.25, -0.2) is 14.5 Å². The van der Waals surface area contributed by atoms with E-state index in [0.717, 1.165) is 38.1 Å². The summed E-state index contributed by atoms with van der Waals surface area (Å²) in [4.78, 5) is 19.3. The van der Waals surface area contributed by atoms with Gasteiger partial charge in [-0.05, 0) is 25.7 Å². The van der Waals surface area contributed by atoms with Crippen LogP contribution in [0.4, 0.5) is 4.79 Å².